The maximum atomic E-state index is 12.5. The molecule has 2 aromatic rings. The largest absolute Gasteiger partial charge is 0.485 e. The van der Waals surface area contributed by atoms with E-state index in [1.165, 1.54) is 12.8 Å². The maximum Gasteiger partial charge on any atom is 0.287 e. The van der Waals surface area contributed by atoms with Gasteiger partial charge in [-0.15, -0.1) is 0 Å². The standard InChI is InChI=1S/C21H26N2O3/c1-14-3-4-15(2)20(11-14)25-13-17-5-6-19(26-17)21(24)22-18-12-23-9-7-16(18)8-10-23/h3-6,11,16,18H,7-10,12-13H2,1-2H3,(H,22,24). The summed E-state index contributed by atoms with van der Waals surface area (Å²) in [4.78, 5) is 14.9. The van der Waals surface area contributed by atoms with Crippen LogP contribution in [-0.2, 0) is 6.61 Å². The van der Waals surface area contributed by atoms with E-state index in [4.69, 9.17) is 9.15 Å². The fourth-order valence-electron chi connectivity index (χ4n) is 3.96. The van der Waals surface area contributed by atoms with Crippen molar-refractivity contribution in [3.63, 3.8) is 0 Å². The van der Waals surface area contributed by atoms with Crippen molar-refractivity contribution in [3.05, 3.63) is 53.0 Å². The molecule has 3 saturated heterocycles. The first kappa shape index (κ1) is 17.2. The molecule has 1 atom stereocenters. The highest BCUT2D eigenvalue weighted by Gasteiger charge is 2.35. The molecule has 26 heavy (non-hydrogen) atoms. The van der Waals surface area contributed by atoms with Gasteiger partial charge in [-0.2, -0.15) is 0 Å². The van der Waals surface area contributed by atoms with E-state index in [0.717, 1.165) is 36.5 Å². The molecule has 5 rings (SSSR count). The summed E-state index contributed by atoms with van der Waals surface area (Å²) in [6, 6.07) is 9.91. The molecule has 0 saturated carbocycles. The topological polar surface area (TPSA) is 54.7 Å². The number of aryl methyl sites for hydroxylation is 2. The van der Waals surface area contributed by atoms with Crippen molar-refractivity contribution in [2.45, 2.75) is 39.3 Å². The second-order valence-corrected chi connectivity index (χ2v) is 7.54. The van der Waals surface area contributed by atoms with Gasteiger partial charge in [-0.3, -0.25) is 4.79 Å². The molecular formula is C21H26N2O3. The van der Waals surface area contributed by atoms with Crippen molar-refractivity contribution in [2.24, 2.45) is 5.92 Å². The van der Waals surface area contributed by atoms with Crippen LogP contribution in [0.1, 0.15) is 40.3 Å². The molecule has 2 bridgehead atoms. The molecule has 138 valence electrons. The first-order valence-electron chi connectivity index (χ1n) is 9.40. The van der Waals surface area contributed by atoms with Crippen molar-refractivity contribution in [2.75, 3.05) is 19.6 Å². The third-order valence-corrected chi connectivity index (χ3v) is 5.57. The van der Waals surface area contributed by atoms with Gasteiger partial charge in [-0.1, -0.05) is 12.1 Å². The first-order chi connectivity index (χ1) is 12.6. The van der Waals surface area contributed by atoms with Crippen molar-refractivity contribution in [1.82, 2.24) is 10.2 Å². The summed E-state index contributed by atoms with van der Waals surface area (Å²) in [7, 11) is 0. The number of benzene rings is 1. The van der Waals surface area contributed by atoms with E-state index >= 15 is 0 Å². The minimum atomic E-state index is -0.123. The predicted molar refractivity (Wildman–Crippen MR) is 99.4 cm³/mol. The second kappa shape index (κ2) is 7.16. The number of fused-ring (bicyclic) bond motifs is 3. The van der Waals surface area contributed by atoms with Gasteiger partial charge in [0.1, 0.15) is 18.1 Å². The average Bonchev–Trinajstić information content (AvgIpc) is 3.13. The number of carbonyl (C=O) groups excluding carboxylic acids is 1. The lowest BCUT2D eigenvalue weighted by atomic mass is 9.84. The van der Waals surface area contributed by atoms with Crippen LogP contribution >= 0.6 is 0 Å². The van der Waals surface area contributed by atoms with Crippen LogP contribution < -0.4 is 10.1 Å². The number of hydrogen-bond acceptors (Lipinski definition) is 4. The molecule has 0 radical (unpaired) electrons. The summed E-state index contributed by atoms with van der Waals surface area (Å²) in [6.45, 7) is 7.66. The van der Waals surface area contributed by atoms with Gasteiger partial charge in [0, 0.05) is 12.6 Å². The average molecular weight is 354 g/mol. The Labute approximate surface area is 154 Å². The van der Waals surface area contributed by atoms with Crippen molar-refractivity contribution < 1.29 is 13.9 Å². The van der Waals surface area contributed by atoms with E-state index in [1.807, 2.05) is 32.0 Å². The van der Waals surface area contributed by atoms with Gasteiger partial charge in [-0.05, 0) is 75.0 Å². The Morgan fingerprint density at radius 3 is 2.77 bits per heavy atom. The first-order valence-corrected chi connectivity index (χ1v) is 9.40. The Morgan fingerprint density at radius 2 is 2.04 bits per heavy atom. The van der Waals surface area contributed by atoms with Crippen LogP contribution in [0.25, 0.3) is 0 Å². The highest BCUT2D eigenvalue weighted by molar-refractivity contribution is 5.91. The van der Waals surface area contributed by atoms with Crippen LogP contribution in [0.15, 0.2) is 34.7 Å². The number of carbonyl (C=O) groups is 1. The lowest BCUT2D eigenvalue weighted by molar-refractivity contribution is 0.0604. The number of nitrogens with zero attached hydrogens (tertiary/aromatic N) is 1. The normalized spacial score (nSPS) is 24.5. The minimum absolute atomic E-state index is 0.123. The monoisotopic (exact) mass is 354 g/mol. The van der Waals surface area contributed by atoms with Gasteiger partial charge in [0.15, 0.2) is 5.76 Å². The Kier molecular flexibility index (Phi) is 4.72. The van der Waals surface area contributed by atoms with E-state index in [-0.39, 0.29) is 11.9 Å². The Bertz CT molecular complexity index is 790. The molecule has 3 aliphatic heterocycles. The van der Waals surface area contributed by atoms with Crippen LogP contribution in [0.2, 0.25) is 0 Å². The fourth-order valence-corrected chi connectivity index (χ4v) is 3.96. The van der Waals surface area contributed by atoms with Crippen LogP contribution in [0.5, 0.6) is 5.75 Å². The van der Waals surface area contributed by atoms with Crippen LogP contribution in [0, 0.1) is 19.8 Å². The number of rotatable bonds is 5. The van der Waals surface area contributed by atoms with Crippen molar-refractivity contribution in [1.29, 1.82) is 0 Å². The van der Waals surface area contributed by atoms with Gasteiger partial charge in [0.25, 0.3) is 5.91 Å². The fraction of sp³-hybridized carbons (Fsp3) is 0.476. The predicted octanol–water partition coefficient (Wildman–Crippen LogP) is 3.30. The smallest absolute Gasteiger partial charge is 0.287 e. The molecular weight excluding hydrogens is 328 g/mol. The third kappa shape index (κ3) is 3.63. The van der Waals surface area contributed by atoms with Gasteiger partial charge < -0.3 is 19.4 Å². The zero-order chi connectivity index (χ0) is 18.1. The molecule has 3 fully saturated rings. The molecule has 3 aliphatic rings. The van der Waals surface area contributed by atoms with E-state index in [2.05, 4.69) is 16.3 Å². The van der Waals surface area contributed by atoms with Gasteiger partial charge in [-0.25, -0.2) is 0 Å². The molecule has 1 unspecified atom stereocenters. The highest BCUT2D eigenvalue weighted by Crippen LogP contribution is 2.28. The van der Waals surface area contributed by atoms with Crippen LogP contribution in [0.3, 0.4) is 0 Å². The molecule has 1 aromatic carbocycles. The lowest BCUT2D eigenvalue weighted by Gasteiger charge is -2.44. The van der Waals surface area contributed by atoms with E-state index in [0.29, 0.717) is 24.0 Å². The molecule has 4 heterocycles. The number of furan rings is 1. The second-order valence-electron chi connectivity index (χ2n) is 7.54. The SMILES string of the molecule is Cc1ccc(C)c(OCc2ccc(C(=O)NC3CN4CCC3CC4)o2)c1. The summed E-state index contributed by atoms with van der Waals surface area (Å²) in [5, 5.41) is 3.16. The van der Waals surface area contributed by atoms with E-state index in [9.17, 15) is 4.79 Å². The molecule has 5 heteroatoms. The molecule has 5 nitrogen and oxygen atoms in total. The molecule has 0 spiro atoms. The summed E-state index contributed by atoms with van der Waals surface area (Å²) in [5.41, 5.74) is 2.24. The summed E-state index contributed by atoms with van der Waals surface area (Å²) < 4.78 is 11.6. The summed E-state index contributed by atoms with van der Waals surface area (Å²) in [5.74, 6) is 2.35. The number of hydrogen-bond donors (Lipinski definition) is 1. The lowest BCUT2D eigenvalue weighted by Crippen LogP contribution is -2.57. The van der Waals surface area contributed by atoms with E-state index in [1.54, 1.807) is 6.07 Å². The summed E-state index contributed by atoms with van der Waals surface area (Å²) >= 11 is 0. The zero-order valence-electron chi connectivity index (χ0n) is 15.5. The van der Waals surface area contributed by atoms with Crippen molar-refractivity contribution >= 4 is 5.91 Å². The van der Waals surface area contributed by atoms with Crippen LogP contribution in [0.4, 0.5) is 0 Å². The van der Waals surface area contributed by atoms with Crippen molar-refractivity contribution in [3.8, 4) is 5.75 Å². The van der Waals surface area contributed by atoms with E-state index < -0.39 is 0 Å². The Morgan fingerprint density at radius 1 is 1.23 bits per heavy atom. The molecule has 1 amide bonds. The molecule has 0 aliphatic carbocycles. The Balaban J connectivity index is 1.35. The molecule has 1 aromatic heterocycles. The zero-order valence-corrected chi connectivity index (χ0v) is 15.5. The van der Waals surface area contributed by atoms with Gasteiger partial charge in [0.05, 0.1) is 0 Å². The number of ether oxygens (including phenoxy) is 1. The van der Waals surface area contributed by atoms with Crippen LogP contribution in [-0.4, -0.2) is 36.5 Å². The number of piperidine rings is 3. The third-order valence-electron chi connectivity index (χ3n) is 5.57. The van der Waals surface area contributed by atoms with Gasteiger partial charge >= 0.3 is 0 Å². The quantitative estimate of drug-likeness (QED) is 0.895. The highest BCUT2D eigenvalue weighted by atomic mass is 16.5. The number of amides is 1. The van der Waals surface area contributed by atoms with Gasteiger partial charge in [0.2, 0.25) is 0 Å². The maximum absolute atomic E-state index is 12.5. The Hall–Kier alpha value is -2.27. The summed E-state index contributed by atoms with van der Waals surface area (Å²) in [6.07, 6.45) is 2.36. The molecule has 1 N–H and O–H groups in total. The number of nitrogens with one attached hydrogen (secondary N) is 1. The minimum Gasteiger partial charge on any atom is -0.485 e.